The van der Waals surface area contributed by atoms with Crippen LogP contribution in [0.3, 0.4) is 0 Å². The number of para-hydroxylation sites is 2. The van der Waals surface area contributed by atoms with Crippen molar-refractivity contribution in [1.29, 1.82) is 0 Å². The van der Waals surface area contributed by atoms with E-state index < -0.39 is 0 Å². The number of hydrogen-bond acceptors (Lipinski definition) is 3. The van der Waals surface area contributed by atoms with Crippen molar-refractivity contribution >= 4 is 17.3 Å². The van der Waals surface area contributed by atoms with Gasteiger partial charge in [0, 0.05) is 44.1 Å². The van der Waals surface area contributed by atoms with Crippen LogP contribution in [0.2, 0.25) is 0 Å². The van der Waals surface area contributed by atoms with Crippen molar-refractivity contribution in [3.8, 4) is 0 Å². The Morgan fingerprint density at radius 3 is 2.24 bits per heavy atom. The minimum absolute atomic E-state index is 0.185. The molecule has 1 saturated heterocycles. The number of benzene rings is 2. The van der Waals surface area contributed by atoms with E-state index in [1.807, 2.05) is 36.1 Å². The predicted octanol–water partition coefficient (Wildman–Crippen LogP) is 3.17. The molecule has 0 atom stereocenters. The van der Waals surface area contributed by atoms with Crippen LogP contribution in [0.15, 0.2) is 54.6 Å². The van der Waals surface area contributed by atoms with Gasteiger partial charge in [0.15, 0.2) is 0 Å². The Kier molecular flexibility index (Phi) is 5.71. The van der Waals surface area contributed by atoms with Crippen molar-refractivity contribution in [2.45, 2.75) is 13.8 Å². The van der Waals surface area contributed by atoms with E-state index in [1.54, 1.807) is 0 Å². The van der Waals surface area contributed by atoms with Gasteiger partial charge in [0.2, 0.25) is 5.91 Å². The highest BCUT2D eigenvalue weighted by molar-refractivity contribution is 5.95. The lowest BCUT2D eigenvalue weighted by Gasteiger charge is -2.36. The number of hydrogen-bond donors (Lipinski definition) is 0. The van der Waals surface area contributed by atoms with Gasteiger partial charge in [0.05, 0.1) is 6.54 Å². The molecule has 0 radical (unpaired) electrons. The first-order valence-corrected chi connectivity index (χ1v) is 9.07. The number of nitrogens with zero attached hydrogens (tertiary/aromatic N) is 3. The molecule has 0 bridgehead atoms. The van der Waals surface area contributed by atoms with Crippen molar-refractivity contribution in [1.82, 2.24) is 4.90 Å². The van der Waals surface area contributed by atoms with Gasteiger partial charge < -0.3 is 9.80 Å². The maximum Gasteiger partial charge on any atom is 0.241 e. The Bertz CT molecular complexity index is 693. The van der Waals surface area contributed by atoms with Gasteiger partial charge in [-0.15, -0.1) is 0 Å². The molecule has 3 rings (SSSR count). The van der Waals surface area contributed by atoms with Crippen LogP contribution < -0.4 is 9.80 Å². The van der Waals surface area contributed by atoms with Crippen molar-refractivity contribution in [3.05, 3.63) is 60.2 Å². The van der Waals surface area contributed by atoms with Gasteiger partial charge in [0.1, 0.15) is 0 Å². The summed E-state index contributed by atoms with van der Waals surface area (Å²) in [5.41, 5.74) is 3.44. The quantitative estimate of drug-likeness (QED) is 0.838. The highest BCUT2D eigenvalue weighted by Gasteiger charge is 2.22. The molecule has 4 nitrogen and oxygen atoms in total. The molecule has 0 aromatic heterocycles. The van der Waals surface area contributed by atoms with Crippen LogP contribution >= 0.6 is 0 Å². The molecular formula is C21H27N3O. The van der Waals surface area contributed by atoms with E-state index >= 15 is 0 Å². The zero-order chi connectivity index (χ0) is 17.6. The summed E-state index contributed by atoms with van der Waals surface area (Å²) in [6.45, 7) is 9.07. The fourth-order valence-corrected chi connectivity index (χ4v) is 3.43. The second-order valence-electron chi connectivity index (χ2n) is 6.52. The molecule has 1 amide bonds. The summed E-state index contributed by atoms with van der Waals surface area (Å²) in [4.78, 5) is 19.4. The SMILES string of the molecule is CCN(C(=O)CN1CCN(c2ccccc2)CC1)c1ccccc1C. The average Bonchev–Trinajstić information content (AvgIpc) is 2.65. The number of anilines is 2. The van der Waals surface area contributed by atoms with Crippen LogP contribution in [0.5, 0.6) is 0 Å². The van der Waals surface area contributed by atoms with Crippen LogP contribution in [0.25, 0.3) is 0 Å². The second kappa shape index (κ2) is 8.17. The highest BCUT2D eigenvalue weighted by atomic mass is 16.2. The number of carbonyl (C=O) groups excluding carboxylic acids is 1. The Balaban J connectivity index is 1.58. The predicted molar refractivity (Wildman–Crippen MR) is 104 cm³/mol. The Morgan fingerprint density at radius 2 is 1.60 bits per heavy atom. The molecule has 2 aromatic carbocycles. The molecule has 0 spiro atoms. The minimum Gasteiger partial charge on any atom is -0.369 e. The summed E-state index contributed by atoms with van der Waals surface area (Å²) in [5.74, 6) is 0.185. The summed E-state index contributed by atoms with van der Waals surface area (Å²) in [5, 5.41) is 0. The van der Waals surface area contributed by atoms with Crippen LogP contribution in [0, 0.1) is 6.92 Å². The number of carbonyl (C=O) groups is 1. The molecule has 1 aliphatic heterocycles. The largest absolute Gasteiger partial charge is 0.369 e. The number of piperazine rings is 1. The second-order valence-corrected chi connectivity index (χ2v) is 6.52. The van der Waals surface area contributed by atoms with Gasteiger partial charge in [0.25, 0.3) is 0 Å². The van der Waals surface area contributed by atoms with Crippen LogP contribution in [0.4, 0.5) is 11.4 Å². The molecule has 132 valence electrons. The first-order valence-electron chi connectivity index (χ1n) is 9.07. The molecule has 25 heavy (non-hydrogen) atoms. The van der Waals surface area contributed by atoms with E-state index in [0.717, 1.165) is 37.4 Å². The van der Waals surface area contributed by atoms with E-state index in [-0.39, 0.29) is 5.91 Å². The lowest BCUT2D eigenvalue weighted by Crippen LogP contribution is -2.50. The maximum atomic E-state index is 12.8. The van der Waals surface area contributed by atoms with E-state index in [2.05, 4.69) is 47.1 Å². The standard InChI is InChI=1S/C21H27N3O/c1-3-24(20-12-8-7-9-18(20)2)21(25)17-22-13-15-23(16-14-22)19-10-5-4-6-11-19/h4-12H,3,13-17H2,1-2H3. The molecule has 0 aliphatic carbocycles. The first kappa shape index (κ1) is 17.5. The lowest BCUT2D eigenvalue weighted by molar-refractivity contribution is -0.119. The fraction of sp³-hybridized carbons (Fsp3) is 0.381. The van der Waals surface area contributed by atoms with E-state index in [9.17, 15) is 4.79 Å². The van der Waals surface area contributed by atoms with Gasteiger partial charge in [-0.25, -0.2) is 0 Å². The summed E-state index contributed by atoms with van der Waals surface area (Å²) in [6.07, 6.45) is 0. The molecule has 1 heterocycles. The third-order valence-electron chi connectivity index (χ3n) is 4.88. The number of aryl methyl sites for hydroxylation is 1. The molecule has 1 fully saturated rings. The molecule has 0 saturated carbocycles. The molecule has 0 unspecified atom stereocenters. The Morgan fingerprint density at radius 1 is 0.960 bits per heavy atom. The van der Waals surface area contributed by atoms with E-state index in [0.29, 0.717) is 13.1 Å². The van der Waals surface area contributed by atoms with Crippen molar-refractivity contribution in [2.75, 3.05) is 49.1 Å². The lowest BCUT2D eigenvalue weighted by atomic mass is 10.1. The molecule has 0 N–H and O–H groups in total. The number of likely N-dealkylation sites (N-methyl/N-ethyl adjacent to an activating group) is 1. The summed E-state index contributed by atoms with van der Waals surface area (Å²) >= 11 is 0. The van der Waals surface area contributed by atoms with E-state index in [1.165, 1.54) is 5.69 Å². The van der Waals surface area contributed by atoms with E-state index in [4.69, 9.17) is 0 Å². The molecular weight excluding hydrogens is 310 g/mol. The van der Waals surface area contributed by atoms with Crippen molar-refractivity contribution < 1.29 is 4.79 Å². The third-order valence-corrected chi connectivity index (χ3v) is 4.88. The number of rotatable bonds is 5. The zero-order valence-corrected chi connectivity index (χ0v) is 15.2. The molecule has 2 aromatic rings. The fourth-order valence-electron chi connectivity index (χ4n) is 3.43. The minimum atomic E-state index is 0.185. The maximum absolute atomic E-state index is 12.8. The van der Waals surface area contributed by atoms with Crippen molar-refractivity contribution in [2.24, 2.45) is 0 Å². The average molecular weight is 337 g/mol. The van der Waals surface area contributed by atoms with Gasteiger partial charge in [-0.2, -0.15) is 0 Å². The number of amides is 1. The van der Waals surface area contributed by atoms with Gasteiger partial charge in [-0.1, -0.05) is 36.4 Å². The summed E-state index contributed by atoms with van der Waals surface area (Å²) < 4.78 is 0. The highest BCUT2D eigenvalue weighted by Crippen LogP contribution is 2.20. The molecule has 1 aliphatic rings. The van der Waals surface area contributed by atoms with Gasteiger partial charge in [-0.3, -0.25) is 9.69 Å². The van der Waals surface area contributed by atoms with Crippen molar-refractivity contribution in [3.63, 3.8) is 0 Å². The Hall–Kier alpha value is -2.33. The zero-order valence-electron chi connectivity index (χ0n) is 15.2. The first-order chi connectivity index (χ1) is 12.2. The van der Waals surface area contributed by atoms with Crippen LogP contribution in [0.1, 0.15) is 12.5 Å². The summed E-state index contributed by atoms with van der Waals surface area (Å²) in [7, 11) is 0. The normalized spacial score (nSPS) is 15.2. The third kappa shape index (κ3) is 4.20. The van der Waals surface area contributed by atoms with Crippen LogP contribution in [-0.4, -0.2) is 50.1 Å². The molecule has 4 heteroatoms. The van der Waals surface area contributed by atoms with Gasteiger partial charge in [-0.05, 0) is 37.6 Å². The van der Waals surface area contributed by atoms with Gasteiger partial charge >= 0.3 is 0 Å². The summed E-state index contributed by atoms with van der Waals surface area (Å²) in [6, 6.07) is 18.6. The smallest absolute Gasteiger partial charge is 0.241 e. The Labute approximate surface area is 150 Å². The van der Waals surface area contributed by atoms with Crippen LogP contribution in [-0.2, 0) is 4.79 Å². The monoisotopic (exact) mass is 337 g/mol. The topological polar surface area (TPSA) is 26.8 Å².